The number of carboxylic acid groups (broad SMARTS) is 1. The molecule has 2 heterocycles. The average Bonchev–Trinajstić information content (AvgIpc) is 2.39. The number of rotatable bonds is 4. The molecule has 0 saturated carbocycles. The fourth-order valence-corrected chi connectivity index (χ4v) is 3.18. The Bertz CT molecular complexity index is 584. The van der Waals surface area contributed by atoms with Crippen LogP contribution in [0.15, 0.2) is 10.9 Å². The number of carboxylic acids is 1. The molecule has 1 aliphatic heterocycles. The zero-order valence-electron chi connectivity index (χ0n) is 13.1. The van der Waals surface area contributed by atoms with E-state index in [4.69, 9.17) is 0 Å². The van der Waals surface area contributed by atoms with Gasteiger partial charge in [-0.2, -0.15) is 0 Å². The first-order valence-corrected chi connectivity index (χ1v) is 7.53. The monoisotopic (exact) mass is 292 g/mol. The van der Waals surface area contributed by atoms with Gasteiger partial charge in [-0.25, -0.2) is 4.79 Å². The van der Waals surface area contributed by atoms with Crippen molar-refractivity contribution in [2.75, 3.05) is 20.1 Å². The van der Waals surface area contributed by atoms with E-state index in [-0.39, 0.29) is 11.1 Å². The standard InChI is InChI=1S/C16H24N2O3/c1-11-10-14(19)18(12(2)15(11)16(20)21)9-6-13-4-7-17(3)8-5-13/h10,13H,4-9H2,1-3H3,(H,20,21). The molecule has 1 fully saturated rings. The van der Waals surface area contributed by atoms with Crippen LogP contribution in [0.3, 0.4) is 0 Å². The Morgan fingerprint density at radius 3 is 2.52 bits per heavy atom. The first kappa shape index (κ1) is 15.8. The summed E-state index contributed by atoms with van der Waals surface area (Å²) in [7, 11) is 2.13. The summed E-state index contributed by atoms with van der Waals surface area (Å²) in [5, 5.41) is 9.29. The molecule has 1 saturated heterocycles. The largest absolute Gasteiger partial charge is 0.478 e. The van der Waals surface area contributed by atoms with Gasteiger partial charge in [-0.1, -0.05) is 0 Å². The van der Waals surface area contributed by atoms with Crippen molar-refractivity contribution in [3.05, 3.63) is 33.2 Å². The van der Waals surface area contributed by atoms with Gasteiger partial charge in [0.1, 0.15) is 0 Å². The Kier molecular flexibility index (Phi) is 4.83. The maximum absolute atomic E-state index is 12.1. The summed E-state index contributed by atoms with van der Waals surface area (Å²) >= 11 is 0. The zero-order valence-corrected chi connectivity index (χ0v) is 13.1. The predicted molar refractivity (Wildman–Crippen MR) is 82.0 cm³/mol. The van der Waals surface area contributed by atoms with Crippen LogP contribution in [0, 0.1) is 19.8 Å². The summed E-state index contributed by atoms with van der Waals surface area (Å²) in [6.45, 7) is 6.23. The smallest absolute Gasteiger partial charge is 0.337 e. The van der Waals surface area contributed by atoms with Crippen LogP contribution in [-0.2, 0) is 6.54 Å². The zero-order chi connectivity index (χ0) is 15.6. The molecule has 5 heteroatoms. The minimum atomic E-state index is -0.960. The lowest BCUT2D eigenvalue weighted by Crippen LogP contribution is -2.32. The van der Waals surface area contributed by atoms with Gasteiger partial charge >= 0.3 is 5.97 Å². The van der Waals surface area contributed by atoms with Crippen LogP contribution in [-0.4, -0.2) is 40.7 Å². The highest BCUT2D eigenvalue weighted by molar-refractivity contribution is 5.90. The van der Waals surface area contributed by atoms with Crippen LogP contribution in [0.5, 0.6) is 0 Å². The van der Waals surface area contributed by atoms with Gasteiger partial charge in [-0.05, 0) is 64.7 Å². The van der Waals surface area contributed by atoms with Crippen LogP contribution in [0.25, 0.3) is 0 Å². The van der Waals surface area contributed by atoms with Crippen LogP contribution < -0.4 is 5.56 Å². The summed E-state index contributed by atoms with van der Waals surface area (Å²) in [4.78, 5) is 25.8. The molecule has 1 aromatic rings. The van der Waals surface area contributed by atoms with Crippen molar-refractivity contribution < 1.29 is 9.90 Å². The molecule has 1 aliphatic rings. The van der Waals surface area contributed by atoms with Gasteiger partial charge in [0, 0.05) is 18.3 Å². The predicted octanol–water partition coefficient (Wildman–Crippen LogP) is 1.90. The molecule has 0 unspecified atom stereocenters. The van der Waals surface area contributed by atoms with E-state index in [1.54, 1.807) is 18.4 Å². The van der Waals surface area contributed by atoms with Crippen molar-refractivity contribution in [2.45, 2.75) is 39.7 Å². The van der Waals surface area contributed by atoms with E-state index in [1.807, 2.05) is 0 Å². The van der Waals surface area contributed by atoms with Gasteiger partial charge in [0.05, 0.1) is 5.56 Å². The third-order valence-corrected chi connectivity index (χ3v) is 4.58. The van der Waals surface area contributed by atoms with Gasteiger partial charge in [0.15, 0.2) is 0 Å². The molecule has 0 radical (unpaired) electrons. The Labute approximate surface area is 125 Å². The topological polar surface area (TPSA) is 62.5 Å². The van der Waals surface area contributed by atoms with Gasteiger partial charge in [0.2, 0.25) is 0 Å². The molecule has 5 nitrogen and oxygen atoms in total. The number of likely N-dealkylation sites (tertiary alicyclic amines) is 1. The van der Waals surface area contributed by atoms with E-state index in [2.05, 4.69) is 11.9 Å². The maximum Gasteiger partial charge on any atom is 0.337 e. The number of aromatic carboxylic acids is 1. The lowest BCUT2D eigenvalue weighted by atomic mass is 9.93. The number of nitrogens with zero attached hydrogens (tertiary/aromatic N) is 2. The third kappa shape index (κ3) is 3.53. The lowest BCUT2D eigenvalue weighted by molar-refractivity contribution is 0.0694. The first-order chi connectivity index (χ1) is 9.90. The highest BCUT2D eigenvalue weighted by atomic mass is 16.4. The summed E-state index contributed by atoms with van der Waals surface area (Å²) in [6.07, 6.45) is 3.25. The Balaban J connectivity index is 2.15. The second-order valence-electron chi connectivity index (χ2n) is 6.12. The number of hydrogen-bond donors (Lipinski definition) is 1. The Hall–Kier alpha value is -1.62. The second-order valence-corrected chi connectivity index (χ2v) is 6.12. The van der Waals surface area contributed by atoms with Gasteiger partial charge in [0.25, 0.3) is 5.56 Å². The fraction of sp³-hybridized carbons (Fsp3) is 0.625. The van der Waals surface area contributed by atoms with E-state index < -0.39 is 5.97 Å². The molecular formula is C16H24N2O3. The molecule has 21 heavy (non-hydrogen) atoms. The molecule has 0 aliphatic carbocycles. The molecule has 1 aromatic heterocycles. The van der Waals surface area contributed by atoms with E-state index in [0.717, 1.165) is 32.4 Å². The lowest BCUT2D eigenvalue weighted by Gasteiger charge is -2.29. The number of pyridine rings is 1. The SMILES string of the molecule is Cc1cc(=O)n(CCC2CCN(C)CC2)c(C)c1C(=O)O. The normalized spacial score (nSPS) is 17.1. The summed E-state index contributed by atoms with van der Waals surface area (Å²) < 4.78 is 1.62. The first-order valence-electron chi connectivity index (χ1n) is 7.53. The highest BCUT2D eigenvalue weighted by Crippen LogP contribution is 2.21. The third-order valence-electron chi connectivity index (χ3n) is 4.58. The number of aromatic nitrogens is 1. The quantitative estimate of drug-likeness (QED) is 0.920. The van der Waals surface area contributed by atoms with Gasteiger partial charge < -0.3 is 14.6 Å². The van der Waals surface area contributed by atoms with E-state index in [1.165, 1.54) is 6.07 Å². The molecule has 0 spiro atoms. The molecule has 0 amide bonds. The molecule has 116 valence electrons. The van der Waals surface area contributed by atoms with Crippen LogP contribution in [0.2, 0.25) is 0 Å². The summed E-state index contributed by atoms with van der Waals surface area (Å²) in [6, 6.07) is 1.44. The van der Waals surface area contributed by atoms with E-state index in [0.29, 0.717) is 23.7 Å². The molecule has 0 bridgehead atoms. The number of piperidine rings is 1. The fourth-order valence-electron chi connectivity index (χ4n) is 3.18. The molecule has 0 aromatic carbocycles. The second kappa shape index (κ2) is 6.43. The highest BCUT2D eigenvalue weighted by Gasteiger charge is 2.19. The average molecular weight is 292 g/mol. The van der Waals surface area contributed by atoms with Crippen molar-refractivity contribution >= 4 is 5.97 Å². The number of hydrogen-bond acceptors (Lipinski definition) is 3. The van der Waals surface area contributed by atoms with Crippen molar-refractivity contribution in [2.24, 2.45) is 5.92 Å². The number of aryl methyl sites for hydroxylation is 1. The minimum absolute atomic E-state index is 0.0945. The summed E-state index contributed by atoms with van der Waals surface area (Å²) in [5.74, 6) is -0.333. The van der Waals surface area contributed by atoms with E-state index in [9.17, 15) is 14.7 Å². The Morgan fingerprint density at radius 2 is 1.95 bits per heavy atom. The van der Waals surface area contributed by atoms with Crippen molar-refractivity contribution in [1.29, 1.82) is 0 Å². The van der Waals surface area contributed by atoms with Crippen LogP contribution in [0.1, 0.15) is 40.9 Å². The number of carbonyl (C=O) groups is 1. The molecule has 1 N–H and O–H groups in total. The van der Waals surface area contributed by atoms with Crippen molar-refractivity contribution in [1.82, 2.24) is 9.47 Å². The van der Waals surface area contributed by atoms with Crippen molar-refractivity contribution in [3.8, 4) is 0 Å². The van der Waals surface area contributed by atoms with Crippen molar-refractivity contribution in [3.63, 3.8) is 0 Å². The van der Waals surface area contributed by atoms with Crippen LogP contribution in [0.4, 0.5) is 0 Å². The summed E-state index contributed by atoms with van der Waals surface area (Å²) in [5.41, 5.74) is 1.28. The van der Waals surface area contributed by atoms with Crippen LogP contribution >= 0.6 is 0 Å². The molecule has 2 rings (SSSR count). The Morgan fingerprint density at radius 1 is 1.33 bits per heavy atom. The maximum atomic E-state index is 12.1. The molecular weight excluding hydrogens is 268 g/mol. The van der Waals surface area contributed by atoms with Gasteiger partial charge in [-0.3, -0.25) is 4.79 Å². The molecule has 0 atom stereocenters. The minimum Gasteiger partial charge on any atom is -0.478 e. The van der Waals surface area contributed by atoms with E-state index >= 15 is 0 Å². The van der Waals surface area contributed by atoms with Gasteiger partial charge in [-0.15, -0.1) is 0 Å².